The van der Waals surface area contributed by atoms with Crippen LogP contribution in [0.4, 0.5) is 5.13 Å². The van der Waals surface area contributed by atoms with Crippen molar-refractivity contribution in [3.8, 4) is 5.75 Å². The average molecular weight is 339 g/mol. The van der Waals surface area contributed by atoms with Crippen LogP contribution >= 0.6 is 22.9 Å². The zero-order valence-corrected chi connectivity index (χ0v) is 13.8. The van der Waals surface area contributed by atoms with Gasteiger partial charge in [0.25, 0.3) is 0 Å². The van der Waals surface area contributed by atoms with Gasteiger partial charge in [0.15, 0.2) is 10.9 Å². The van der Waals surface area contributed by atoms with E-state index in [-0.39, 0.29) is 24.5 Å². The number of rotatable bonds is 6. The lowest BCUT2D eigenvalue weighted by Gasteiger charge is -2.08. The SMILES string of the molecule is COc1ccc(Cl)cc1C(=O)CCC(=O)Nc1nc(C)cs1. The van der Waals surface area contributed by atoms with Crippen molar-refractivity contribution in [2.45, 2.75) is 19.8 Å². The van der Waals surface area contributed by atoms with Gasteiger partial charge in [-0.15, -0.1) is 11.3 Å². The molecule has 0 aliphatic heterocycles. The normalized spacial score (nSPS) is 10.3. The Morgan fingerprint density at radius 2 is 2.14 bits per heavy atom. The average Bonchev–Trinajstić information content (AvgIpc) is 2.89. The van der Waals surface area contributed by atoms with Crippen molar-refractivity contribution in [2.24, 2.45) is 0 Å². The molecule has 7 heteroatoms. The number of nitrogens with zero attached hydrogens (tertiary/aromatic N) is 1. The van der Waals surface area contributed by atoms with Gasteiger partial charge in [-0.1, -0.05) is 11.6 Å². The van der Waals surface area contributed by atoms with Crippen LogP contribution in [0.1, 0.15) is 28.9 Å². The number of hydrogen-bond acceptors (Lipinski definition) is 5. The van der Waals surface area contributed by atoms with Crippen LogP contribution in [0.15, 0.2) is 23.6 Å². The number of carbonyl (C=O) groups excluding carboxylic acids is 2. The second-order valence-electron chi connectivity index (χ2n) is 4.61. The number of aromatic nitrogens is 1. The van der Waals surface area contributed by atoms with Crippen LogP contribution in [-0.2, 0) is 4.79 Å². The molecule has 0 aliphatic carbocycles. The summed E-state index contributed by atoms with van der Waals surface area (Å²) >= 11 is 7.25. The summed E-state index contributed by atoms with van der Waals surface area (Å²) in [6.07, 6.45) is 0.153. The number of ketones is 1. The lowest BCUT2D eigenvalue weighted by Crippen LogP contribution is -2.13. The molecule has 0 bridgehead atoms. The fourth-order valence-electron chi connectivity index (χ4n) is 1.85. The summed E-state index contributed by atoms with van der Waals surface area (Å²) in [5.41, 5.74) is 1.23. The summed E-state index contributed by atoms with van der Waals surface area (Å²) < 4.78 is 5.14. The van der Waals surface area contributed by atoms with Gasteiger partial charge in [0, 0.05) is 23.2 Å². The van der Waals surface area contributed by atoms with Crippen LogP contribution in [0.25, 0.3) is 0 Å². The number of methoxy groups -OCH3 is 1. The van der Waals surface area contributed by atoms with E-state index in [9.17, 15) is 9.59 Å². The van der Waals surface area contributed by atoms with Crippen molar-refractivity contribution in [1.29, 1.82) is 0 Å². The Kier molecular flexibility index (Phi) is 5.51. The van der Waals surface area contributed by atoms with Crippen LogP contribution in [0, 0.1) is 6.92 Å². The van der Waals surface area contributed by atoms with E-state index in [1.165, 1.54) is 18.4 Å². The molecule has 2 aromatic rings. The van der Waals surface area contributed by atoms with E-state index in [0.717, 1.165) is 5.69 Å². The molecule has 1 aromatic heterocycles. The molecule has 0 saturated heterocycles. The molecule has 0 saturated carbocycles. The number of halogens is 1. The quantitative estimate of drug-likeness (QED) is 0.815. The molecule has 0 unspecified atom stereocenters. The van der Waals surface area contributed by atoms with Gasteiger partial charge in [-0.3, -0.25) is 9.59 Å². The zero-order chi connectivity index (χ0) is 16.1. The Morgan fingerprint density at radius 1 is 1.36 bits per heavy atom. The first-order valence-corrected chi connectivity index (χ1v) is 7.84. The van der Waals surface area contributed by atoms with Crippen LogP contribution in [0.5, 0.6) is 5.75 Å². The Labute approximate surface area is 137 Å². The first kappa shape index (κ1) is 16.5. The summed E-state index contributed by atoms with van der Waals surface area (Å²) in [4.78, 5) is 28.2. The highest BCUT2D eigenvalue weighted by Crippen LogP contribution is 2.24. The maximum atomic E-state index is 12.2. The van der Waals surface area contributed by atoms with E-state index in [2.05, 4.69) is 10.3 Å². The van der Waals surface area contributed by atoms with Crippen molar-refractivity contribution >= 4 is 39.8 Å². The summed E-state index contributed by atoms with van der Waals surface area (Å²) in [5.74, 6) is 0.0128. The Hall–Kier alpha value is -1.92. The second-order valence-corrected chi connectivity index (χ2v) is 5.90. The van der Waals surface area contributed by atoms with Gasteiger partial charge in [0.2, 0.25) is 5.91 Å². The minimum absolute atomic E-state index is 0.0763. The molecule has 0 spiro atoms. The third-order valence-corrected chi connectivity index (χ3v) is 4.02. The number of benzene rings is 1. The van der Waals surface area contributed by atoms with Gasteiger partial charge in [-0.05, 0) is 25.1 Å². The summed E-state index contributed by atoms with van der Waals surface area (Å²) in [5, 5.41) is 5.50. The highest BCUT2D eigenvalue weighted by molar-refractivity contribution is 7.13. The molecule has 0 aliphatic rings. The van der Waals surface area contributed by atoms with Crippen molar-refractivity contribution in [2.75, 3.05) is 12.4 Å². The predicted molar refractivity (Wildman–Crippen MR) is 87.0 cm³/mol. The fraction of sp³-hybridized carbons (Fsp3) is 0.267. The van der Waals surface area contributed by atoms with Crippen molar-refractivity contribution in [3.05, 3.63) is 39.9 Å². The van der Waals surface area contributed by atoms with Crippen molar-refractivity contribution in [1.82, 2.24) is 4.98 Å². The molecule has 0 atom stereocenters. The Bertz CT molecular complexity index is 700. The molecule has 116 valence electrons. The molecule has 1 amide bonds. The van der Waals surface area contributed by atoms with Crippen LogP contribution in [-0.4, -0.2) is 23.8 Å². The van der Waals surface area contributed by atoms with Crippen LogP contribution < -0.4 is 10.1 Å². The van der Waals surface area contributed by atoms with E-state index in [1.807, 2.05) is 12.3 Å². The maximum absolute atomic E-state index is 12.2. The molecule has 0 radical (unpaired) electrons. The Balaban J connectivity index is 1.95. The number of thiazole rings is 1. The summed E-state index contributed by atoms with van der Waals surface area (Å²) in [6, 6.07) is 4.83. The molecule has 0 fully saturated rings. The van der Waals surface area contributed by atoms with Crippen LogP contribution in [0.3, 0.4) is 0 Å². The fourth-order valence-corrected chi connectivity index (χ4v) is 2.73. The Morgan fingerprint density at radius 3 is 2.77 bits per heavy atom. The maximum Gasteiger partial charge on any atom is 0.226 e. The van der Waals surface area contributed by atoms with Gasteiger partial charge < -0.3 is 10.1 Å². The van der Waals surface area contributed by atoms with Crippen molar-refractivity contribution < 1.29 is 14.3 Å². The van der Waals surface area contributed by atoms with Gasteiger partial charge in [0.05, 0.1) is 18.4 Å². The van der Waals surface area contributed by atoms with Gasteiger partial charge >= 0.3 is 0 Å². The lowest BCUT2D eigenvalue weighted by molar-refractivity contribution is -0.116. The number of nitrogens with one attached hydrogen (secondary N) is 1. The van der Waals surface area contributed by atoms with E-state index in [0.29, 0.717) is 21.5 Å². The highest BCUT2D eigenvalue weighted by Gasteiger charge is 2.15. The minimum atomic E-state index is -0.247. The van der Waals surface area contributed by atoms with Gasteiger partial charge in [-0.25, -0.2) is 4.98 Å². The number of hydrogen-bond donors (Lipinski definition) is 1. The first-order chi connectivity index (χ1) is 10.5. The molecule has 1 heterocycles. The topological polar surface area (TPSA) is 68.3 Å². The molecular formula is C15H15ClN2O3S. The van der Waals surface area contributed by atoms with Gasteiger partial charge in [-0.2, -0.15) is 0 Å². The largest absolute Gasteiger partial charge is 0.496 e. The smallest absolute Gasteiger partial charge is 0.226 e. The third-order valence-electron chi connectivity index (χ3n) is 2.91. The number of ether oxygens (including phenoxy) is 1. The summed E-state index contributed by atoms with van der Waals surface area (Å²) in [7, 11) is 1.48. The predicted octanol–water partition coefficient (Wildman–Crippen LogP) is 3.72. The number of carbonyl (C=O) groups is 2. The van der Waals surface area contributed by atoms with E-state index < -0.39 is 0 Å². The third kappa shape index (κ3) is 4.29. The van der Waals surface area contributed by atoms with Crippen LogP contribution in [0.2, 0.25) is 5.02 Å². The van der Waals surface area contributed by atoms with E-state index in [4.69, 9.17) is 16.3 Å². The molecule has 1 aromatic carbocycles. The minimum Gasteiger partial charge on any atom is -0.496 e. The second kappa shape index (κ2) is 7.38. The monoisotopic (exact) mass is 338 g/mol. The molecule has 1 N–H and O–H groups in total. The molecule has 22 heavy (non-hydrogen) atoms. The zero-order valence-electron chi connectivity index (χ0n) is 12.2. The number of anilines is 1. The molecular weight excluding hydrogens is 324 g/mol. The van der Waals surface area contributed by atoms with Gasteiger partial charge in [0.1, 0.15) is 5.75 Å². The number of aryl methyl sites for hydroxylation is 1. The lowest BCUT2D eigenvalue weighted by atomic mass is 10.1. The standard InChI is InChI=1S/C15H15ClN2O3S/c1-9-8-22-15(17-9)18-14(20)6-4-12(19)11-7-10(16)3-5-13(11)21-2/h3,5,7-8H,4,6H2,1-2H3,(H,17,18,20). The summed E-state index contributed by atoms with van der Waals surface area (Å²) in [6.45, 7) is 1.85. The highest BCUT2D eigenvalue weighted by atomic mass is 35.5. The number of Topliss-reactive ketones (excluding diaryl/α,β-unsaturated/α-hetero) is 1. The molecule has 2 rings (SSSR count). The van der Waals surface area contributed by atoms with E-state index in [1.54, 1.807) is 18.2 Å². The van der Waals surface area contributed by atoms with Crippen molar-refractivity contribution in [3.63, 3.8) is 0 Å². The number of amides is 1. The molecule has 5 nitrogen and oxygen atoms in total. The first-order valence-electron chi connectivity index (χ1n) is 6.58. The van der Waals surface area contributed by atoms with E-state index >= 15 is 0 Å².